The first kappa shape index (κ1) is 15.6. The van der Waals surface area contributed by atoms with Gasteiger partial charge in [0.1, 0.15) is 11.5 Å². The van der Waals surface area contributed by atoms with E-state index in [9.17, 15) is 14.5 Å². The Bertz CT molecular complexity index is 515. The number of nitro groups is 1. The highest BCUT2D eigenvalue weighted by Gasteiger charge is 2.24. The van der Waals surface area contributed by atoms with E-state index in [4.69, 9.17) is 0 Å². The van der Waals surface area contributed by atoms with Crippen molar-refractivity contribution in [3.63, 3.8) is 0 Å². The van der Waals surface area contributed by atoms with Gasteiger partial charge in [0.25, 0.3) is 5.69 Å². The molecule has 20 heavy (non-hydrogen) atoms. The number of anilines is 1. The van der Waals surface area contributed by atoms with Crippen molar-refractivity contribution < 1.29 is 9.31 Å². The van der Waals surface area contributed by atoms with Crippen molar-refractivity contribution in [2.24, 2.45) is 0 Å². The largest absolute Gasteiger partial charge is 0.377 e. The van der Waals surface area contributed by atoms with Crippen LogP contribution >= 0.6 is 27.7 Å². The van der Waals surface area contributed by atoms with Crippen molar-refractivity contribution in [1.82, 2.24) is 0 Å². The molecule has 2 unspecified atom stereocenters. The van der Waals surface area contributed by atoms with E-state index in [1.54, 1.807) is 0 Å². The van der Waals surface area contributed by atoms with Gasteiger partial charge in [-0.2, -0.15) is 11.8 Å². The van der Waals surface area contributed by atoms with E-state index in [1.165, 1.54) is 12.5 Å². The third kappa shape index (κ3) is 3.63. The number of benzene rings is 1. The number of halogens is 2. The Balaban J connectivity index is 2.19. The van der Waals surface area contributed by atoms with Crippen LogP contribution in [0.15, 0.2) is 16.6 Å². The summed E-state index contributed by atoms with van der Waals surface area (Å²) in [6.45, 7) is 0. The van der Waals surface area contributed by atoms with E-state index < -0.39 is 10.7 Å². The summed E-state index contributed by atoms with van der Waals surface area (Å²) >= 11 is 4.91. The summed E-state index contributed by atoms with van der Waals surface area (Å²) in [5.74, 6) is -0.618. The molecule has 0 bridgehead atoms. The summed E-state index contributed by atoms with van der Waals surface area (Å²) in [4.78, 5) is 10.5. The maximum Gasteiger partial charge on any atom is 0.295 e. The van der Waals surface area contributed by atoms with Gasteiger partial charge in [-0.15, -0.1) is 0 Å². The molecule has 0 amide bonds. The third-order valence-electron chi connectivity index (χ3n) is 3.55. The van der Waals surface area contributed by atoms with Gasteiger partial charge in [0.15, 0.2) is 0 Å². The number of nitrogens with one attached hydrogen (secondary N) is 1. The second-order valence-electron chi connectivity index (χ2n) is 4.91. The molecule has 0 aromatic heterocycles. The van der Waals surface area contributed by atoms with Gasteiger partial charge in [0.05, 0.1) is 15.5 Å². The van der Waals surface area contributed by atoms with Crippen LogP contribution in [-0.4, -0.2) is 22.5 Å². The Hall–Kier alpha value is -0.820. The average Bonchev–Trinajstić information content (AvgIpc) is 2.42. The zero-order valence-corrected chi connectivity index (χ0v) is 13.5. The van der Waals surface area contributed by atoms with Gasteiger partial charge < -0.3 is 5.32 Å². The summed E-state index contributed by atoms with van der Waals surface area (Å²) in [5, 5.41) is 14.8. The summed E-state index contributed by atoms with van der Waals surface area (Å²) in [5.41, 5.74) is 0.173. The number of hydrogen-bond acceptors (Lipinski definition) is 4. The van der Waals surface area contributed by atoms with Crippen LogP contribution in [0.3, 0.4) is 0 Å². The fourth-order valence-corrected chi connectivity index (χ4v) is 3.68. The number of thioether (sulfide) groups is 1. The highest BCUT2D eigenvalue weighted by atomic mass is 79.9. The first-order chi connectivity index (χ1) is 9.51. The molecule has 1 aliphatic rings. The Morgan fingerprint density at radius 2 is 2.25 bits per heavy atom. The van der Waals surface area contributed by atoms with E-state index >= 15 is 0 Å². The van der Waals surface area contributed by atoms with Gasteiger partial charge in [-0.25, -0.2) is 4.39 Å². The lowest BCUT2D eigenvalue weighted by Crippen LogP contribution is -2.28. The van der Waals surface area contributed by atoms with Gasteiger partial charge in [-0.05, 0) is 47.5 Å². The average molecular weight is 363 g/mol. The summed E-state index contributed by atoms with van der Waals surface area (Å²) in [7, 11) is 0. The standard InChI is InChI=1S/C13H16BrFN2O2S/c1-20-9-4-2-3-8(5-9)16-12-6-10(14)11(15)7-13(12)17(18)19/h6-9,16H,2-5H2,1H3. The Morgan fingerprint density at radius 1 is 1.50 bits per heavy atom. The van der Waals surface area contributed by atoms with Gasteiger partial charge >= 0.3 is 0 Å². The fourth-order valence-electron chi connectivity index (χ4n) is 2.51. The molecule has 0 radical (unpaired) electrons. The zero-order valence-electron chi connectivity index (χ0n) is 11.1. The van der Waals surface area contributed by atoms with Crippen LogP contribution in [-0.2, 0) is 0 Å². The molecule has 1 aromatic rings. The molecule has 1 N–H and O–H groups in total. The molecular weight excluding hydrogens is 347 g/mol. The topological polar surface area (TPSA) is 55.2 Å². The highest BCUT2D eigenvalue weighted by Crippen LogP contribution is 2.34. The second kappa shape index (κ2) is 6.76. The molecule has 7 heteroatoms. The molecule has 1 aliphatic carbocycles. The molecule has 1 saturated carbocycles. The molecule has 1 aromatic carbocycles. The first-order valence-electron chi connectivity index (χ1n) is 6.44. The van der Waals surface area contributed by atoms with Crippen LogP contribution in [0.4, 0.5) is 15.8 Å². The first-order valence-corrected chi connectivity index (χ1v) is 8.52. The van der Waals surface area contributed by atoms with Gasteiger partial charge in [-0.1, -0.05) is 6.42 Å². The minimum absolute atomic E-state index is 0.206. The lowest BCUT2D eigenvalue weighted by atomic mass is 9.94. The highest BCUT2D eigenvalue weighted by molar-refractivity contribution is 9.10. The lowest BCUT2D eigenvalue weighted by Gasteiger charge is -2.29. The quantitative estimate of drug-likeness (QED) is 0.628. The predicted octanol–water partition coefficient (Wildman–Crippen LogP) is 4.58. The van der Waals surface area contributed by atoms with Crippen LogP contribution in [0, 0.1) is 15.9 Å². The van der Waals surface area contributed by atoms with Crippen molar-refractivity contribution in [2.75, 3.05) is 11.6 Å². The minimum atomic E-state index is -0.618. The molecule has 0 aliphatic heterocycles. The number of rotatable bonds is 4. The normalized spacial score (nSPS) is 22.6. The van der Waals surface area contributed by atoms with Crippen molar-refractivity contribution in [3.8, 4) is 0 Å². The van der Waals surface area contributed by atoms with Crippen LogP contribution < -0.4 is 5.32 Å². The molecule has 2 atom stereocenters. The lowest BCUT2D eigenvalue weighted by molar-refractivity contribution is -0.384. The maximum atomic E-state index is 13.4. The SMILES string of the molecule is CSC1CCCC(Nc2cc(Br)c(F)cc2[N+](=O)[O-])C1. The van der Waals surface area contributed by atoms with E-state index in [2.05, 4.69) is 27.5 Å². The van der Waals surface area contributed by atoms with Gasteiger partial charge in [0, 0.05) is 11.3 Å². The smallest absolute Gasteiger partial charge is 0.295 e. The molecule has 0 heterocycles. The molecular formula is C13H16BrFN2O2S. The maximum absolute atomic E-state index is 13.4. The molecule has 0 spiro atoms. The predicted molar refractivity (Wildman–Crippen MR) is 83.9 cm³/mol. The van der Waals surface area contributed by atoms with Gasteiger partial charge in [-0.3, -0.25) is 10.1 Å². The van der Waals surface area contributed by atoms with Crippen LogP contribution in [0.25, 0.3) is 0 Å². The van der Waals surface area contributed by atoms with E-state index in [0.29, 0.717) is 10.9 Å². The fraction of sp³-hybridized carbons (Fsp3) is 0.538. The Morgan fingerprint density at radius 3 is 2.90 bits per heavy atom. The van der Waals surface area contributed by atoms with Crippen LogP contribution in [0.2, 0.25) is 0 Å². The number of hydrogen-bond donors (Lipinski definition) is 1. The van der Waals surface area contributed by atoms with Crippen molar-refractivity contribution in [2.45, 2.75) is 37.0 Å². The minimum Gasteiger partial charge on any atom is -0.377 e. The molecule has 0 saturated heterocycles. The van der Waals surface area contributed by atoms with E-state index in [0.717, 1.165) is 25.3 Å². The van der Waals surface area contributed by atoms with E-state index in [-0.39, 0.29) is 16.2 Å². The molecule has 4 nitrogen and oxygen atoms in total. The molecule has 110 valence electrons. The summed E-state index contributed by atoms with van der Waals surface area (Å²) in [6.07, 6.45) is 6.36. The monoisotopic (exact) mass is 362 g/mol. The molecule has 2 rings (SSSR count). The summed E-state index contributed by atoms with van der Waals surface area (Å²) in [6, 6.07) is 2.62. The number of nitro benzene ring substituents is 1. The molecule has 1 fully saturated rings. The Labute approximate surface area is 129 Å². The van der Waals surface area contributed by atoms with Crippen molar-refractivity contribution in [3.05, 3.63) is 32.5 Å². The Kier molecular flexibility index (Phi) is 5.26. The van der Waals surface area contributed by atoms with Crippen LogP contribution in [0.1, 0.15) is 25.7 Å². The van der Waals surface area contributed by atoms with Gasteiger partial charge in [0.2, 0.25) is 0 Å². The van der Waals surface area contributed by atoms with Crippen molar-refractivity contribution >= 4 is 39.1 Å². The second-order valence-corrected chi connectivity index (χ2v) is 6.90. The van der Waals surface area contributed by atoms with Crippen molar-refractivity contribution in [1.29, 1.82) is 0 Å². The summed E-state index contributed by atoms with van der Waals surface area (Å²) < 4.78 is 13.7. The van der Waals surface area contributed by atoms with E-state index in [1.807, 2.05) is 11.8 Å². The third-order valence-corrected chi connectivity index (χ3v) is 5.26. The van der Waals surface area contributed by atoms with Crippen LogP contribution in [0.5, 0.6) is 0 Å². The number of nitrogens with zero attached hydrogens (tertiary/aromatic N) is 1. The zero-order chi connectivity index (χ0) is 14.7.